The van der Waals surface area contributed by atoms with Gasteiger partial charge in [-0.1, -0.05) is 43.1 Å². The molecule has 0 fully saturated rings. The van der Waals surface area contributed by atoms with Crippen molar-refractivity contribution < 1.29 is 0 Å². The van der Waals surface area contributed by atoms with Gasteiger partial charge >= 0.3 is 0 Å². The summed E-state index contributed by atoms with van der Waals surface area (Å²) in [6.07, 6.45) is 3.32. The van der Waals surface area contributed by atoms with Crippen LogP contribution in [0.4, 0.5) is 0 Å². The highest BCUT2D eigenvalue weighted by molar-refractivity contribution is 9.09. The fourth-order valence-electron chi connectivity index (χ4n) is 1.50. The smallest absolute Gasteiger partial charge is 0.0185 e. The summed E-state index contributed by atoms with van der Waals surface area (Å²) >= 11 is 3.51. The van der Waals surface area contributed by atoms with Crippen LogP contribution in [0.3, 0.4) is 0 Å². The summed E-state index contributed by atoms with van der Waals surface area (Å²) in [6, 6.07) is 0. The monoisotopic (exact) mass is 221 g/mol. The van der Waals surface area contributed by atoms with Crippen molar-refractivity contribution in [3.8, 4) is 0 Å². The minimum atomic E-state index is 0.0538. The second-order valence-electron chi connectivity index (χ2n) is 3.20. The van der Waals surface area contributed by atoms with E-state index in [1.807, 2.05) is 0 Å². The molecule has 0 aliphatic rings. The first kappa shape index (κ1) is 11.4. The molecule has 0 aliphatic carbocycles. The third-order valence-corrected chi connectivity index (χ3v) is 3.59. The molecule has 0 aromatic carbocycles. The van der Waals surface area contributed by atoms with E-state index in [-0.39, 0.29) is 5.54 Å². The maximum Gasteiger partial charge on any atom is 0.0185 e. The minimum absolute atomic E-state index is 0.0538. The number of nitrogens with two attached hydrogens (primary N) is 1. The number of hydrogen-bond acceptors (Lipinski definition) is 1. The van der Waals surface area contributed by atoms with Crippen LogP contribution in [0.25, 0.3) is 0 Å². The molecule has 1 nitrogen and oxygen atoms in total. The standard InChI is InChI=1S/C9H20BrN/c1-4-8(7-10)9(11,5-2)6-3/h8H,4-7,11H2,1-3H3. The van der Waals surface area contributed by atoms with Crippen LogP contribution in [0.2, 0.25) is 0 Å². The Labute approximate surface area is 78.9 Å². The van der Waals surface area contributed by atoms with Crippen LogP contribution in [0.15, 0.2) is 0 Å². The zero-order valence-corrected chi connectivity index (χ0v) is 9.45. The molecule has 0 heterocycles. The predicted octanol–water partition coefficient (Wildman–Crippen LogP) is 2.93. The molecule has 0 aromatic heterocycles. The quantitative estimate of drug-likeness (QED) is 0.711. The van der Waals surface area contributed by atoms with Crippen molar-refractivity contribution in [2.45, 2.75) is 45.6 Å². The lowest BCUT2D eigenvalue weighted by atomic mass is 9.80. The Morgan fingerprint density at radius 2 is 1.73 bits per heavy atom. The van der Waals surface area contributed by atoms with Crippen molar-refractivity contribution in [3.63, 3.8) is 0 Å². The molecule has 1 atom stereocenters. The van der Waals surface area contributed by atoms with Crippen molar-refractivity contribution in [1.82, 2.24) is 0 Å². The molecule has 0 aliphatic heterocycles. The second-order valence-corrected chi connectivity index (χ2v) is 3.85. The first-order valence-corrected chi connectivity index (χ1v) is 5.61. The van der Waals surface area contributed by atoms with Gasteiger partial charge in [-0.25, -0.2) is 0 Å². The Morgan fingerprint density at radius 1 is 1.27 bits per heavy atom. The molecule has 0 saturated heterocycles. The molecular weight excluding hydrogens is 202 g/mol. The topological polar surface area (TPSA) is 26.0 Å². The van der Waals surface area contributed by atoms with Crippen molar-refractivity contribution in [1.29, 1.82) is 0 Å². The fourth-order valence-corrected chi connectivity index (χ4v) is 2.60. The Balaban J connectivity index is 4.19. The second kappa shape index (κ2) is 5.15. The molecule has 68 valence electrons. The van der Waals surface area contributed by atoms with E-state index in [2.05, 4.69) is 36.7 Å². The van der Waals surface area contributed by atoms with Crippen LogP contribution in [-0.2, 0) is 0 Å². The van der Waals surface area contributed by atoms with Crippen LogP contribution < -0.4 is 5.73 Å². The predicted molar refractivity (Wildman–Crippen MR) is 55.1 cm³/mol. The molecule has 2 heteroatoms. The first-order chi connectivity index (χ1) is 5.14. The summed E-state index contributed by atoms with van der Waals surface area (Å²) in [6.45, 7) is 6.56. The molecule has 0 bridgehead atoms. The summed E-state index contributed by atoms with van der Waals surface area (Å²) in [5.41, 5.74) is 6.29. The average Bonchev–Trinajstić information content (AvgIpc) is 2.06. The number of hydrogen-bond donors (Lipinski definition) is 1. The van der Waals surface area contributed by atoms with Crippen molar-refractivity contribution >= 4 is 15.9 Å². The molecule has 0 spiro atoms. The van der Waals surface area contributed by atoms with Gasteiger partial charge in [0, 0.05) is 10.9 Å². The summed E-state index contributed by atoms with van der Waals surface area (Å²) in [5.74, 6) is 0.623. The van der Waals surface area contributed by atoms with Crippen LogP contribution >= 0.6 is 15.9 Å². The highest BCUT2D eigenvalue weighted by Gasteiger charge is 2.28. The lowest BCUT2D eigenvalue weighted by Crippen LogP contribution is -2.46. The van der Waals surface area contributed by atoms with E-state index < -0.39 is 0 Å². The van der Waals surface area contributed by atoms with Crippen molar-refractivity contribution in [3.05, 3.63) is 0 Å². The van der Waals surface area contributed by atoms with Gasteiger partial charge in [0.2, 0.25) is 0 Å². The number of rotatable bonds is 5. The van der Waals surface area contributed by atoms with Crippen LogP contribution in [0.1, 0.15) is 40.0 Å². The lowest BCUT2D eigenvalue weighted by Gasteiger charge is -2.34. The van der Waals surface area contributed by atoms with E-state index >= 15 is 0 Å². The summed E-state index contributed by atoms with van der Waals surface area (Å²) < 4.78 is 0. The average molecular weight is 222 g/mol. The Bertz CT molecular complexity index is 95.7. The first-order valence-electron chi connectivity index (χ1n) is 4.49. The van der Waals surface area contributed by atoms with Gasteiger partial charge in [-0.3, -0.25) is 0 Å². The van der Waals surface area contributed by atoms with Gasteiger partial charge in [0.15, 0.2) is 0 Å². The van der Waals surface area contributed by atoms with Crippen LogP contribution in [0.5, 0.6) is 0 Å². The molecule has 0 saturated carbocycles. The van der Waals surface area contributed by atoms with Gasteiger partial charge in [-0.05, 0) is 18.8 Å². The summed E-state index contributed by atoms with van der Waals surface area (Å²) in [5, 5.41) is 1.03. The molecule has 2 N–H and O–H groups in total. The van der Waals surface area contributed by atoms with Crippen LogP contribution in [-0.4, -0.2) is 10.9 Å². The van der Waals surface area contributed by atoms with Crippen molar-refractivity contribution in [2.75, 3.05) is 5.33 Å². The molecule has 1 unspecified atom stereocenters. The number of alkyl halides is 1. The third-order valence-electron chi connectivity index (χ3n) is 2.81. The van der Waals surface area contributed by atoms with E-state index in [1.165, 1.54) is 6.42 Å². The Hall–Kier alpha value is 0.440. The van der Waals surface area contributed by atoms with E-state index in [0.717, 1.165) is 18.2 Å². The maximum absolute atomic E-state index is 6.23. The molecule has 0 radical (unpaired) electrons. The molecular formula is C9H20BrN. The minimum Gasteiger partial charge on any atom is -0.325 e. The largest absolute Gasteiger partial charge is 0.325 e. The Morgan fingerprint density at radius 3 is 1.82 bits per heavy atom. The summed E-state index contributed by atoms with van der Waals surface area (Å²) in [4.78, 5) is 0. The van der Waals surface area contributed by atoms with E-state index in [1.54, 1.807) is 0 Å². The molecule has 11 heavy (non-hydrogen) atoms. The van der Waals surface area contributed by atoms with Crippen molar-refractivity contribution in [2.24, 2.45) is 11.7 Å². The summed E-state index contributed by atoms with van der Waals surface area (Å²) in [7, 11) is 0. The zero-order valence-electron chi connectivity index (χ0n) is 7.86. The molecule has 0 rings (SSSR count). The number of halogens is 1. The molecule has 0 amide bonds. The van der Waals surface area contributed by atoms with Gasteiger partial charge in [0.25, 0.3) is 0 Å². The highest BCUT2D eigenvalue weighted by atomic mass is 79.9. The zero-order chi connectivity index (χ0) is 8.91. The van der Waals surface area contributed by atoms with E-state index in [9.17, 15) is 0 Å². The van der Waals surface area contributed by atoms with E-state index in [0.29, 0.717) is 5.92 Å². The van der Waals surface area contributed by atoms with Gasteiger partial charge in [0.1, 0.15) is 0 Å². The maximum atomic E-state index is 6.23. The van der Waals surface area contributed by atoms with Crippen LogP contribution in [0, 0.1) is 5.92 Å². The lowest BCUT2D eigenvalue weighted by molar-refractivity contribution is 0.269. The third kappa shape index (κ3) is 2.75. The van der Waals surface area contributed by atoms with Gasteiger partial charge in [-0.2, -0.15) is 0 Å². The van der Waals surface area contributed by atoms with Gasteiger partial charge in [-0.15, -0.1) is 0 Å². The highest BCUT2D eigenvalue weighted by Crippen LogP contribution is 2.26. The van der Waals surface area contributed by atoms with E-state index in [4.69, 9.17) is 5.73 Å². The SMILES string of the molecule is CCC(CBr)C(N)(CC)CC. The van der Waals surface area contributed by atoms with Gasteiger partial charge < -0.3 is 5.73 Å². The van der Waals surface area contributed by atoms with Gasteiger partial charge in [0.05, 0.1) is 0 Å². The normalized spacial score (nSPS) is 15.0. The fraction of sp³-hybridized carbons (Fsp3) is 1.00. The Kier molecular flexibility index (Phi) is 5.36. The molecule has 0 aromatic rings.